The van der Waals surface area contributed by atoms with Crippen molar-refractivity contribution in [1.29, 1.82) is 0 Å². The van der Waals surface area contributed by atoms with Crippen molar-refractivity contribution >= 4 is 50.0 Å². The van der Waals surface area contributed by atoms with E-state index < -0.39 is 4.92 Å². The molecule has 0 amide bonds. The minimum absolute atomic E-state index is 0.0571. The first kappa shape index (κ1) is 11.6. The molecule has 0 saturated carbocycles. The van der Waals surface area contributed by atoms with Crippen LogP contribution < -0.4 is 0 Å². The molecule has 0 fully saturated rings. The summed E-state index contributed by atoms with van der Waals surface area (Å²) in [5.41, 5.74) is 0.318. The van der Waals surface area contributed by atoms with Gasteiger partial charge in [0.15, 0.2) is 5.78 Å². The van der Waals surface area contributed by atoms with Crippen molar-refractivity contribution < 1.29 is 9.72 Å². The molecule has 0 aromatic heterocycles. The number of nitro groups is 1. The number of carbonyl (C=O) groups excluding carboxylic acids is 1. The Morgan fingerprint density at radius 2 is 2.14 bits per heavy atom. The summed E-state index contributed by atoms with van der Waals surface area (Å²) in [5, 5.41) is 10.7. The average molecular weight is 370 g/mol. The molecule has 0 radical (unpaired) electrons. The third-order valence-electron chi connectivity index (χ3n) is 1.63. The second-order valence-electron chi connectivity index (χ2n) is 2.57. The Morgan fingerprint density at radius 1 is 1.57 bits per heavy atom. The van der Waals surface area contributed by atoms with Gasteiger partial charge < -0.3 is 0 Å². The van der Waals surface area contributed by atoms with Crippen molar-refractivity contribution in [2.45, 2.75) is 6.92 Å². The summed E-state index contributed by atoms with van der Waals surface area (Å²) >= 11 is 4.88. The zero-order valence-corrected chi connectivity index (χ0v) is 10.8. The topological polar surface area (TPSA) is 60.2 Å². The van der Waals surface area contributed by atoms with Crippen LogP contribution in [-0.4, -0.2) is 10.7 Å². The molecule has 1 aromatic rings. The number of ketones is 1. The predicted molar refractivity (Wildman–Crippen MR) is 63.5 cm³/mol. The zero-order valence-electron chi connectivity index (χ0n) is 7.08. The van der Waals surface area contributed by atoms with Gasteiger partial charge in [-0.15, -0.1) is 0 Å². The van der Waals surface area contributed by atoms with E-state index in [0.29, 0.717) is 13.6 Å². The molecular formula is C8H5BrINO3. The fourth-order valence-corrected chi connectivity index (χ4v) is 2.87. The molecule has 0 heterocycles. The number of hydrogen-bond donors (Lipinski definition) is 0. The Kier molecular flexibility index (Phi) is 3.59. The van der Waals surface area contributed by atoms with Gasteiger partial charge in [0.2, 0.25) is 0 Å². The number of nitrogens with zero attached hydrogens (tertiary/aromatic N) is 1. The van der Waals surface area contributed by atoms with E-state index in [1.54, 1.807) is 28.7 Å². The minimum Gasteiger partial charge on any atom is -0.294 e. The SMILES string of the molecule is CC(=O)c1ccc(Br)c([N+](=O)[O-])c1I. The molecule has 0 saturated heterocycles. The summed E-state index contributed by atoms with van der Waals surface area (Å²) in [7, 11) is 0. The quantitative estimate of drug-likeness (QED) is 0.348. The van der Waals surface area contributed by atoms with Crippen molar-refractivity contribution in [3.63, 3.8) is 0 Å². The number of halogens is 2. The second-order valence-corrected chi connectivity index (χ2v) is 4.50. The molecule has 6 heteroatoms. The molecule has 74 valence electrons. The highest BCUT2D eigenvalue weighted by molar-refractivity contribution is 14.1. The second kappa shape index (κ2) is 4.35. The molecule has 0 unspecified atom stereocenters. The van der Waals surface area contributed by atoms with Crippen molar-refractivity contribution in [2.75, 3.05) is 0 Å². The Labute approximate surface area is 102 Å². The van der Waals surface area contributed by atoms with Crippen LogP contribution in [-0.2, 0) is 0 Å². The molecule has 0 atom stereocenters. The van der Waals surface area contributed by atoms with E-state index in [-0.39, 0.29) is 11.5 Å². The van der Waals surface area contributed by atoms with Gasteiger partial charge in [-0.05, 0) is 57.6 Å². The van der Waals surface area contributed by atoms with Crippen molar-refractivity contribution in [3.05, 3.63) is 35.9 Å². The Bertz CT molecular complexity index is 419. The predicted octanol–water partition coefficient (Wildman–Crippen LogP) is 3.16. The number of Topliss-reactive ketones (excluding diaryl/α,β-unsaturated/α-hetero) is 1. The highest BCUT2D eigenvalue weighted by atomic mass is 127. The monoisotopic (exact) mass is 369 g/mol. The Morgan fingerprint density at radius 3 is 2.57 bits per heavy atom. The molecule has 0 spiro atoms. The molecule has 1 rings (SSSR count). The van der Waals surface area contributed by atoms with Gasteiger partial charge in [-0.25, -0.2) is 0 Å². The van der Waals surface area contributed by atoms with Crippen LogP contribution in [0.25, 0.3) is 0 Å². The van der Waals surface area contributed by atoms with Crippen LogP contribution >= 0.6 is 38.5 Å². The first-order valence-electron chi connectivity index (χ1n) is 3.58. The maximum absolute atomic E-state index is 11.1. The number of hydrogen-bond acceptors (Lipinski definition) is 3. The molecule has 0 aliphatic heterocycles. The highest BCUT2D eigenvalue weighted by Crippen LogP contribution is 2.32. The summed E-state index contributed by atoms with van der Waals surface area (Å²) in [5.74, 6) is -0.176. The zero-order chi connectivity index (χ0) is 10.9. The molecule has 0 aliphatic rings. The highest BCUT2D eigenvalue weighted by Gasteiger charge is 2.21. The van der Waals surface area contributed by atoms with Gasteiger partial charge in [0.05, 0.1) is 9.40 Å². The number of carbonyl (C=O) groups is 1. The maximum Gasteiger partial charge on any atom is 0.297 e. The van der Waals surface area contributed by atoms with Gasteiger partial charge in [0.25, 0.3) is 5.69 Å². The smallest absolute Gasteiger partial charge is 0.294 e. The lowest BCUT2D eigenvalue weighted by Gasteiger charge is -2.02. The lowest BCUT2D eigenvalue weighted by Crippen LogP contribution is -2.01. The van der Waals surface area contributed by atoms with E-state index in [9.17, 15) is 14.9 Å². The van der Waals surface area contributed by atoms with Crippen LogP contribution in [0.3, 0.4) is 0 Å². The average Bonchev–Trinajstić information content (AvgIpc) is 2.02. The summed E-state index contributed by atoms with van der Waals surface area (Å²) < 4.78 is 0.756. The summed E-state index contributed by atoms with van der Waals surface area (Å²) in [6.07, 6.45) is 0. The minimum atomic E-state index is -0.502. The lowest BCUT2D eigenvalue weighted by molar-refractivity contribution is -0.386. The van der Waals surface area contributed by atoms with E-state index in [1.165, 1.54) is 13.0 Å². The van der Waals surface area contributed by atoms with E-state index >= 15 is 0 Å². The lowest BCUT2D eigenvalue weighted by atomic mass is 10.1. The first-order valence-corrected chi connectivity index (χ1v) is 5.45. The van der Waals surface area contributed by atoms with Crippen LogP contribution in [0.5, 0.6) is 0 Å². The van der Waals surface area contributed by atoms with Crippen LogP contribution in [0.2, 0.25) is 0 Å². The van der Waals surface area contributed by atoms with Crippen LogP contribution in [0, 0.1) is 13.7 Å². The molecule has 4 nitrogen and oxygen atoms in total. The van der Waals surface area contributed by atoms with Crippen LogP contribution in [0.4, 0.5) is 5.69 Å². The Hall–Kier alpha value is -0.500. The van der Waals surface area contributed by atoms with Gasteiger partial charge in [0.1, 0.15) is 3.57 Å². The van der Waals surface area contributed by atoms with Crippen molar-refractivity contribution in [3.8, 4) is 0 Å². The molecule has 1 aromatic carbocycles. The van der Waals surface area contributed by atoms with E-state index in [2.05, 4.69) is 15.9 Å². The van der Waals surface area contributed by atoms with Gasteiger partial charge in [-0.2, -0.15) is 0 Å². The van der Waals surface area contributed by atoms with Crippen molar-refractivity contribution in [2.24, 2.45) is 0 Å². The number of nitro benzene ring substituents is 1. The van der Waals surface area contributed by atoms with E-state index in [1.807, 2.05) is 0 Å². The molecule has 14 heavy (non-hydrogen) atoms. The van der Waals surface area contributed by atoms with Crippen LogP contribution in [0.1, 0.15) is 17.3 Å². The van der Waals surface area contributed by atoms with Crippen LogP contribution in [0.15, 0.2) is 16.6 Å². The molecule has 0 aliphatic carbocycles. The molecule has 0 bridgehead atoms. The summed E-state index contributed by atoms with van der Waals surface area (Å²) in [4.78, 5) is 21.3. The number of rotatable bonds is 2. The molecule has 0 N–H and O–H groups in total. The summed E-state index contributed by atoms with van der Waals surface area (Å²) in [6, 6.07) is 3.08. The first-order chi connectivity index (χ1) is 6.45. The largest absolute Gasteiger partial charge is 0.297 e. The summed E-state index contributed by atoms with van der Waals surface area (Å²) in [6.45, 7) is 1.38. The standard InChI is InChI=1S/C8H5BrINO3/c1-4(12)5-2-3-6(9)8(7(5)10)11(13)14/h2-3H,1H3. The Balaban J connectivity index is 3.49. The molecular weight excluding hydrogens is 365 g/mol. The number of benzene rings is 1. The van der Waals surface area contributed by atoms with Gasteiger partial charge in [-0.1, -0.05) is 0 Å². The fraction of sp³-hybridized carbons (Fsp3) is 0.125. The van der Waals surface area contributed by atoms with Gasteiger partial charge in [-0.3, -0.25) is 14.9 Å². The van der Waals surface area contributed by atoms with E-state index in [0.717, 1.165) is 0 Å². The fourth-order valence-electron chi connectivity index (χ4n) is 0.980. The van der Waals surface area contributed by atoms with Gasteiger partial charge in [0, 0.05) is 5.56 Å². The third kappa shape index (κ3) is 2.11. The van der Waals surface area contributed by atoms with E-state index in [4.69, 9.17) is 0 Å². The van der Waals surface area contributed by atoms with Crippen molar-refractivity contribution in [1.82, 2.24) is 0 Å². The maximum atomic E-state index is 11.1. The van der Waals surface area contributed by atoms with Gasteiger partial charge >= 0.3 is 0 Å². The normalized spacial score (nSPS) is 9.93. The third-order valence-corrected chi connectivity index (χ3v) is 3.36.